The summed E-state index contributed by atoms with van der Waals surface area (Å²) in [5.74, 6) is -0.430. The molecule has 0 unspecified atom stereocenters. The van der Waals surface area contributed by atoms with Crippen molar-refractivity contribution in [3.05, 3.63) is 95.4 Å². The molecule has 5 rings (SSSR count). The molecule has 3 aromatic carbocycles. The van der Waals surface area contributed by atoms with E-state index in [0.717, 1.165) is 34.7 Å². The molecule has 0 saturated carbocycles. The van der Waals surface area contributed by atoms with Crippen LogP contribution >= 0.6 is 11.3 Å². The number of benzene rings is 3. The minimum atomic E-state index is -3.79. The number of hydrazone groups is 1. The Morgan fingerprint density at radius 2 is 1.71 bits per heavy atom. The smallest absolute Gasteiger partial charge is 0.261 e. The van der Waals surface area contributed by atoms with Gasteiger partial charge >= 0.3 is 0 Å². The molecule has 1 aromatic heterocycles. The van der Waals surface area contributed by atoms with Crippen LogP contribution in [0.2, 0.25) is 0 Å². The average Bonchev–Trinajstić information content (AvgIpc) is 3.42. The molecule has 6 nitrogen and oxygen atoms in total. The zero-order valence-corrected chi connectivity index (χ0v) is 19.9. The van der Waals surface area contributed by atoms with Crippen molar-refractivity contribution in [2.45, 2.75) is 24.7 Å². The van der Waals surface area contributed by atoms with Crippen LogP contribution in [0.25, 0.3) is 10.4 Å². The standard InChI is InChI=1S/C25H21FN4O2S2/c1-16-24(33-25(27-16)29-28-23-15-8-17-4-2-3-5-22(17)23)18-6-13-21(14-7-18)34(31,32)30-20-11-9-19(26)10-12-20/h2-7,9-14,30H,8,15H2,1H3,(H,27,29)/b28-23-. The van der Waals surface area contributed by atoms with Crippen LogP contribution in [0.3, 0.4) is 0 Å². The predicted octanol–water partition coefficient (Wildman–Crippen LogP) is 5.82. The molecule has 34 heavy (non-hydrogen) atoms. The molecule has 4 aromatic rings. The molecule has 1 heterocycles. The first-order chi connectivity index (χ1) is 16.4. The molecule has 0 spiro atoms. The minimum absolute atomic E-state index is 0.118. The van der Waals surface area contributed by atoms with Gasteiger partial charge in [-0.05, 0) is 67.3 Å². The highest BCUT2D eigenvalue weighted by Gasteiger charge is 2.18. The lowest BCUT2D eigenvalue weighted by Gasteiger charge is -2.08. The quantitative estimate of drug-likeness (QED) is 0.332. The maximum absolute atomic E-state index is 13.1. The van der Waals surface area contributed by atoms with E-state index in [9.17, 15) is 12.8 Å². The number of halogens is 1. The fourth-order valence-corrected chi connectivity index (χ4v) is 5.84. The second-order valence-corrected chi connectivity index (χ2v) is 10.6. The predicted molar refractivity (Wildman–Crippen MR) is 134 cm³/mol. The second-order valence-electron chi connectivity index (χ2n) is 7.90. The van der Waals surface area contributed by atoms with E-state index in [1.54, 1.807) is 24.3 Å². The van der Waals surface area contributed by atoms with Gasteiger partial charge in [0, 0.05) is 11.3 Å². The highest BCUT2D eigenvalue weighted by Crippen LogP contribution is 2.34. The lowest BCUT2D eigenvalue weighted by atomic mass is 10.1. The third-order valence-electron chi connectivity index (χ3n) is 5.57. The van der Waals surface area contributed by atoms with E-state index in [2.05, 4.69) is 32.4 Å². The first-order valence-corrected chi connectivity index (χ1v) is 13.0. The summed E-state index contributed by atoms with van der Waals surface area (Å²) in [5, 5.41) is 5.26. The molecule has 0 bridgehead atoms. The van der Waals surface area contributed by atoms with E-state index in [1.807, 2.05) is 19.1 Å². The maximum Gasteiger partial charge on any atom is 0.261 e. The van der Waals surface area contributed by atoms with Crippen LogP contribution in [-0.4, -0.2) is 19.1 Å². The lowest BCUT2D eigenvalue weighted by molar-refractivity contribution is 0.601. The van der Waals surface area contributed by atoms with Crippen molar-refractivity contribution in [1.29, 1.82) is 0 Å². The van der Waals surface area contributed by atoms with Gasteiger partial charge in [-0.15, -0.1) is 0 Å². The molecular weight excluding hydrogens is 471 g/mol. The highest BCUT2D eigenvalue weighted by atomic mass is 32.2. The van der Waals surface area contributed by atoms with E-state index in [4.69, 9.17) is 0 Å². The van der Waals surface area contributed by atoms with Crippen LogP contribution in [0, 0.1) is 12.7 Å². The summed E-state index contributed by atoms with van der Waals surface area (Å²) in [7, 11) is -3.79. The van der Waals surface area contributed by atoms with Crippen molar-refractivity contribution in [2.24, 2.45) is 5.10 Å². The zero-order valence-electron chi connectivity index (χ0n) is 18.2. The van der Waals surface area contributed by atoms with Crippen molar-refractivity contribution in [3.63, 3.8) is 0 Å². The van der Waals surface area contributed by atoms with Crippen molar-refractivity contribution in [2.75, 3.05) is 10.1 Å². The van der Waals surface area contributed by atoms with Crippen molar-refractivity contribution in [1.82, 2.24) is 4.98 Å². The summed E-state index contributed by atoms with van der Waals surface area (Å²) >= 11 is 1.46. The number of nitrogens with zero attached hydrogens (tertiary/aromatic N) is 2. The van der Waals surface area contributed by atoms with Gasteiger partial charge in [0.25, 0.3) is 10.0 Å². The third kappa shape index (κ3) is 4.57. The molecule has 9 heteroatoms. The summed E-state index contributed by atoms with van der Waals surface area (Å²) in [5.41, 5.74) is 8.59. The Balaban J connectivity index is 1.32. The molecule has 0 fully saturated rings. The minimum Gasteiger partial charge on any atom is -0.280 e. The number of hydrogen-bond acceptors (Lipinski definition) is 6. The Morgan fingerprint density at radius 1 is 0.971 bits per heavy atom. The average molecular weight is 493 g/mol. The van der Waals surface area contributed by atoms with Gasteiger partial charge in [0.2, 0.25) is 5.13 Å². The van der Waals surface area contributed by atoms with Gasteiger partial charge in [-0.3, -0.25) is 10.1 Å². The molecule has 1 aliphatic carbocycles. The number of hydrogen-bond donors (Lipinski definition) is 2. The number of rotatable bonds is 6. The normalized spacial score (nSPS) is 14.2. The van der Waals surface area contributed by atoms with Gasteiger partial charge in [-0.2, -0.15) is 5.10 Å². The number of sulfonamides is 1. The van der Waals surface area contributed by atoms with Gasteiger partial charge in [0.15, 0.2) is 0 Å². The summed E-state index contributed by atoms with van der Waals surface area (Å²) in [4.78, 5) is 5.63. The Morgan fingerprint density at radius 3 is 2.47 bits per heavy atom. The molecule has 0 radical (unpaired) electrons. The zero-order chi connectivity index (χ0) is 23.7. The van der Waals surface area contributed by atoms with Crippen molar-refractivity contribution in [3.8, 4) is 10.4 Å². The Bertz CT molecular complexity index is 1480. The Hall–Kier alpha value is -3.56. The van der Waals surface area contributed by atoms with Crippen LogP contribution < -0.4 is 10.1 Å². The van der Waals surface area contributed by atoms with Gasteiger partial charge in [-0.25, -0.2) is 17.8 Å². The number of aryl methyl sites for hydroxylation is 2. The van der Waals surface area contributed by atoms with E-state index in [1.165, 1.54) is 46.7 Å². The first kappa shape index (κ1) is 22.2. The van der Waals surface area contributed by atoms with Crippen molar-refractivity contribution >= 4 is 37.9 Å². The van der Waals surface area contributed by atoms with Crippen molar-refractivity contribution < 1.29 is 12.8 Å². The fraction of sp³-hybridized carbons (Fsp3) is 0.120. The number of anilines is 2. The first-order valence-electron chi connectivity index (χ1n) is 10.7. The lowest BCUT2D eigenvalue weighted by Crippen LogP contribution is -2.12. The summed E-state index contributed by atoms with van der Waals surface area (Å²) in [6, 6.07) is 20.0. The molecule has 172 valence electrons. The van der Waals surface area contributed by atoms with Crippen LogP contribution in [0.1, 0.15) is 23.2 Å². The SMILES string of the molecule is Cc1nc(N/N=C2/CCc3ccccc32)sc1-c1ccc(S(=O)(=O)Nc2ccc(F)cc2)cc1. The molecule has 0 aliphatic heterocycles. The molecule has 0 atom stereocenters. The van der Waals surface area contributed by atoms with Gasteiger partial charge in [0.05, 0.1) is 21.2 Å². The molecule has 0 amide bonds. The summed E-state index contributed by atoms with van der Waals surface area (Å²) in [6.07, 6.45) is 1.88. The van der Waals surface area contributed by atoms with Gasteiger partial charge < -0.3 is 0 Å². The fourth-order valence-electron chi connectivity index (χ4n) is 3.87. The summed E-state index contributed by atoms with van der Waals surface area (Å²) in [6.45, 7) is 1.91. The second kappa shape index (κ2) is 9.00. The molecular formula is C25H21FN4O2S2. The number of fused-ring (bicyclic) bond motifs is 1. The van der Waals surface area contributed by atoms with Gasteiger partial charge in [0.1, 0.15) is 5.82 Å². The topological polar surface area (TPSA) is 83.5 Å². The monoisotopic (exact) mass is 492 g/mol. The van der Waals surface area contributed by atoms with E-state index in [-0.39, 0.29) is 4.90 Å². The Kier molecular flexibility index (Phi) is 5.89. The highest BCUT2D eigenvalue weighted by molar-refractivity contribution is 7.92. The van der Waals surface area contributed by atoms with Crippen LogP contribution in [0.4, 0.5) is 15.2 Å². The Labute approximate surface area is 201 Å². The summed E-state index contributed by atoms with van der Waals surface area (Å²) < 4.78 is 40.9. The molecule has 2 N–H and O–H groups in total. The van der Waals surface area contributed by atoms with E-state index < -0.39 is 15.8 Å². The largest absolute Gasteiger partial charge is 0.280 e. The number of thiazole rings is 1. The molecule has 1 aliphatic rings. The van der Waals surface area contributed by atoms with Crippen LogP contribution in [-0.2, 0) is 16.4 Å². The van der Waals surface area contributed by atoms with Crippen LogP contribution in [0.5, 0.6) is 0 Å². The third-order valence-corrected chi connectivity index (χ3v) is 8.07. The van der Waals surface area contributed by atoms with Gasteiger partial charge in [-0.1, -0.05) is 47.7 Å². The van der Waals surface area contributed by atoms with E-state index in [0.29, 0.717) is 10.8 Å². The van der Waals surface area contributed by atoms with Crippen LogP contribution in [0.15, 0.2) is 82.8 Å². The maximum atomic E-state index is 13.1. The number of nitrogens with one attached hydrogen (secondary N) is 2. The molecule has 0 saturated heterocycles. The number of aromatic nitrogens is 1. The van der Waals surface area contributed by atoms with E-state index >= 15 is 0 Å².